The first-order valence-electron chi connectivity index (χ1n) is 13.2. The number of piperidine rings is 1. The van der Waals surface area contributed by atoms with Crippen LogP contribution in [-0.4, -0.2) is 64.8 Å². The smallest absolute Gasteiger partial charge is 0.291 e. The largest absolute Gasteiger partial charge is 0.494 e. The molecule has 0 spiro atoms. The lowest BCUT2D eigenvalue weighted by Gasteiger charge is -2.38. The third kappa shape index (κ3) is 4.22. The van der Waals surface area contributed by atoms with Crippen LogP contribution in [0.4, 0.5) is 10.2 Å². The molecular weight excluding hydrogens is 593 g/mol. The van der Waals surface area contributed by atoms with Gasteiger partial charge in [-0.25, -0.2) is 14.4 Å². The van der Waals surface area contributed by atoms with E-state index in [0.29, 0.717) is 27.2 Å². The van der Waals surface area contributed by atoms with Crippen LogP contribution in [0.15, 0.2) is 53.5 Å². The Morgan fingerprint density at radius 1 is 1.12 bits per heavy atom. The van der Waals surface area contributed by atoms with Crippen molar-refractivity contribution in [2.24, 2.45) is 0 Å². The zero-order chi connectivity index (χ0) is 28.2. The third-order valence-corrected chi connectivity index (χ3v) is 8.95. The van der Waals surface area contributed by atoms with E-state index in [1.54, 1.807) is 29.0 Å². The molecular formula is C28H25BrFN9O2. The Labute approximate surface area is 242 Å². The molecule has 2 aliphatic rings. The van der Waals surface area contributed by atoms with Gasteiger partial charge < -0.3 is 15.4 Å². The fourth-order valence-corrected chi connectivity index (χ4v) is 6.78. The number of amides is 1. The number of hydrogen-bond acceptors (Lipinski definition) is 8. The van der Waals surface area contributed by atoms with E-state index >= 15 is 0 Å². The topological polar surface area (TPSA) is 140 Å². The Morgan fingerprint density at radius 3 is 2.56 bits per heavy atom. The monoisotopic (exact) mass is 617 g/mol. The number of pyridine rings is 1. The molecule has 6 heterocycles. The molecule has 0 radical (unpaired) electrons. The van der Waals surface area contributed by atoms with Gasteiger partial charge in [-0.15, -0.1) is 0 Å². The second-order valence-electron chi connectivity index (χ2n) is 10.4. The van der Waals surface area contributed by atoms with Crippen LogP contribution in [0, 0.1) is 5.82 Å². The molecule has 208 valence electrons. The van der Waals surface area contributed by atoms with Gasteiger partial charge in [0.2, 0.25) is 5.82 Å². The van der Waals surface area contributed by atoms with Gasteiger partial charge in [-0.1, -0.05) is 6.07 Å². The van der Waals surface area contributed by atoms with Crippen molar-refractivity contribution in [1.82, 2.24) is 39.7 Å². The van der Waals surface area contributed by atoms with Gasteiger partial charge in [-0.2, -0.15) is 14.7 Å². The van der Waals surface area contributed by atoms with Crippen LogP contribution in [0.25, 0.3) is 28.0 Å². The van der Waals surface area contributed by atoms with E-state index in [-0.39, 0.29) is 35.5 Å². The molecule has 7 rings (SSSR count). The van der Waals surface area contributed by atoms with Crippen molar-refractivity contribution >= 4 is 33.3 Å². The second-order valence-corrected chi connectivity index (χ2v) is 11.2. The first-order chi connectivity index (χ1) is 19.9. The van der Waals surface area contributed by atoms with Gasteiger partial charge in [-0.3, -0.25) is 14.9 Å². The lowest BCUT2D eigenvalue weighted by atomic mass is 9.87. The molecule has 11 nitrogen and oxygen atoms in total. The highest BCUT2D eigenvalue weighted by atomic mass is 79.9. The minimum absolute atomic E-state index is 0.0893. The number of carbonyl (C=O) groups excluding carboxylic acids is 1. The number of halogens is 2. The van der Waals surface area contributed by atoms with Gasteiger partial charge in [0.15, 0.2) is 17.2 Å². The maximum atomic E-state index is 14.2. The molecule has 0 saturated carbocycles. The summed E-state index contributed by atoms with van der Waals surface area (Å²) < 4.78 is 21.6. The number of fused-ring (bicyclic) bond motifs is 3. The molecule has 0 unspecified atom stereocenters. The summed E-state index contributed by atoms with van der Waals surface area (Å²) in [4.78, 5) is 28.8. The fourth-order valence-electron chi connectivity index (χ4n) is 6.20. The molecule has 2 fully saturated rings. The zero-order valence-electron chi connectivity index (χ0n) is 22.0. The summed E-state index contributed by atoms with van der Waals surface area (Å²) in [5, 5.41) is 11.0. The van der Waals surface area contributed by atoms with Gasteiger partial charge in [0.1, 0.15) is 12.1 Å². The van der Waals surface area contributed by atoms with Gasteiger partial charge in [0.05, 0.1) is 29.2 Å². The van der Waals surface area contributed by atoms with Crippen LogP contribution in [0.5, 0.6) is 5.75 Å². The highest BCUT2D eigenvalue weighted by molar-refractivity contribution is 9.10. The molecule has 13 heteroatoms. The molecule has 1 amide bonds. The lowest BCUT2D eigenvalue weighted by Crippen LogP contribution is -2.46. The second kappa shape index (κ2) is 9.91. The molecule has 2 saturated heterocycles. The van der Waals surface area contributed by atoms with Crippen molar-refractivity contribution < 1.29 is 13.9 Å². The van der Waals surface area contributed by atoms with E-state index in [1.807, 2.05) is 17.0 Å². The highest BCUT2D eigenvalue weighted by Gasteiger charge is 2.45. The summed E-state index contributed by atoms with van der Waals surface area (Å²) in [5.74, 6) is 0.469. The van der Waals surface area contributed by atoms with Gasteiger partial charge >= 0.3 is 0 Å². The number of aromatic amines is 1. The summed E-state index contributed by atoms with van der Waals surface area (Å²) in [6.45, 7) is 0. The lowest BCUT2D eigenvalue weighted by molar-refractivity contribution is 0.0557. The van der Waals surface area contributed by atoms with Crippen molar-refractivity contribution in [3.63, 3.8) is 0 Å². The predicted molar refractivity (Wildman–Crippen MR) is 152 cm³/mol. The standard InChI is InChI=1S/C28H25BrFN9O2/c1-41-22-7-3-14(10-20(22)30)21-6-2-15(11-32-21)19-12-35-39-25(31)23(29)24(36-27(19)39)16-8-17-4-5-18(9-16)38(17)28(40)26-33-13-34-37-26/h2-3,6-7,10-13,16-18H,4-5,8-9,31H2,1H3,(H,33,34,37)/t17-,18-/m1/s1. The van der Waals surface area contributed by atoms with Crippen LogP contribution < -0.4 is 10.5 Å². The van der Waals surface area contributed by atoms with Crippen LogP contribution in [0.3, 0.4) is 0 Å². The summed E-state index contributed by atoms with van der Waals surface area (Å²) in [6.07, 6.45) is 8.22. The summed E-state index contributed by atoms with van der Waals surface area (Å²) in [7, 11) is 1.43. The Balaban J connectivity index is 1.20. The molecule has 0 aliphatic carbocycles. The summed E-state index contributed by atoms with van der Waals surface area (Å²) >= 11 is 3.69. The average Bonchev–Trinajstić information content (AvgIpc) is 3.73. The quantitative estimate of drug-likeness (QED) is 0.291. The molecule has 41 heavy (non-hydrogen) atoms. The number of anilines is 1. The van der Waals surface area contributed by atoms with E-state index in [4.69, 9.17) is 15.5 Å². The number of nitrogens with one attached hydrogen (secondary N) is 1. The van der Waals surface area contributed by atoms with E-state index < -0.39 is 5.82 Å². The van der Waals surface area contributed by atoms with Crippen LogP contribution >= 0.6 is 15.9 Å². The van der Waals surface area contributed by atoms with Crippen LogP contribution in [0.1, 0.15) is 47.9 Å². The Bertz CT molecular complexity index is 1760. The van der Waals surface area contributed by atoms with Crippen molar-refractivity contribution in [3.8, 4) is 28.1 Å². The number of nitrogens with two attached hydrogens (primary N) is 1. The number of H-pyrrole nitrogens is 1. The van der Waals surface area contributed by atoms with E-state index in [9.17, 15) is 9.18 Å². The SMILES string of the molecule is COc1ccc(-c2ccc(-c3cnn4c(N)c(Br)c(C5C[C@H]6CC[C@H](C5)N6C(=O)c5ncn[nH]5)nc34)cn2)cc1F. The Hall–Kier alpha value is -4.39. The van der Waals surface area contributed by atoms with Gasteiger partial charge in [-0.05, 0) is 65.9 Å². The number of rotatable bonds is 5. The number of benzene rings is 1. The van der Waals surface area contributed by atoms with Crippen molar-refractivity contribution in [1.29, 1.82) is 0 Å². The number of nitrogens with zero attached hydrogens (tertiary/aromatic N) is 7. The number of hydrogen-bond donors (Lipinski definition) is 2. The van der Waals surface area contributed by atoms with Crippen molar-refractivity contribution in [2.75, 3.05) is 12.8 Å². The Kier molecular flexibility index (Phi) is 6.18. The number of carbonyl (C=O) groups is 1. The minimum Gasteiger partial charge on any atom is -0.494 e. The number of methoxy groups -OCH3 is 1. The normalized spacial score (nSPS) is 20.1. The van der Waals surface area contributed by atoms with Crippen LogP contribution in [0.2, 0.25) is 0 Å². The molecule has 2 aliphatic heterocycles. The van der Waals surface area contributed by atoms with E-state index in [1.165, 1.54) is 19.5 Å². The zero-order valence-corrected chi connectivity index (χ0v) is 23.5. The summed E-state index contributed by atoms with van der Waals surface area (Å²) in [6, 6.07) is 8.68. The first-order valence-corrected chi connectivity index (χ1v) is 14.0. The average molecular weight is 618 g/mol. The highest BCUT2D eigenvalue weighted by Crippen LogP contribution is 2.46. The van der Waals surface area contributed by atoms with E-state index in [0.717, 1.165) is 42.5 Å². The van der Waals surface area contributed by atoms with E-state index in [2.05, 4.69) is 41.2 Å². The van der Waals surface area contributed by atoms with Crippen molar-refractivity contribution in [3.05, 3.63) is 70.9 Å². The molecule has 2 bridgehead atoms. The molecule has 2 atom stereocenters. The van der Waals surface area contributed by atoms with Crippen molar-refractivity contribution in [2.45, 2.75) is 43.7 Å². The maximum Gasteiger partial charge on any atom is 0.291 e. The molecule has 4 aromatic heterocycles. The molecule has 3 N–H and O–H groups in total. The predicted octanol–water partition coefficient (Wildman–Crippen LogP) is 4.62. The summed E-state index contributed by atoms with van der Waals surface area (Å²) in [5.41, 5.74) is 10.9. The minimum atomic E-state index is -0.446. The number of aromatic nitrogens is 7. The Morgan fingerprint density at radius 2 is 1.90 bits per heavy atom. The number of nitrogen functional groups attached to an aromatic ring is 1. The maximum absolute atomic E-state index is 14.2. The first kappa shape index (κ1) is 25.6. The molecule has 1 aromatic carbocycles. The van der Waals surface area contributed by atoms with Gasteiger partial charge in [0, 0.05) is 40.9 Å². The fraction of sp³-hybridized carbons (Fsp3) is 0.286. The number of ether oxygens (including phenoxy) is 1. The molecule has 5 aromatic rings. The van der Waals surface area contributed by atoms with Gasteiger partial charge in [0.25, 0.3) is 5.91 Å². The van der Waals surface area contributed by atoms with Crippen LogP contribution in [-0.2, 0) is 0 Å². The third-order valence-electron chi connectivity index (χ3n) is 8.14.